The topological polar surface area (TPSA) is 72.2 Å². The summed E-state index contributed by atoms with van der Waals surface area (Å²) in [6, 6.07) is 8.44. The van der Waals surface area contributed by atoms with Crippen molar-refractivity contribution in [3.05, 3.63) is 59.7 Å². The highest BCUT2D eigenvalue weighted by atomic mass is 32.2. The summed E-state index contributed by atoms with van der Waals surface area (Å²) in [5.41, 5.74) is 0.754. The molecule has 0 aromatic heterocycles. The second-order valence-electron chi connectivity index (χ2n) is 4.60. The molecule has 0 saturated heterocycles. The van der Waals surface area contributed by atoms with Gasteiger partial charge in [0.1, 0.15) is 11.6 Å². The zero-order chi connectivity index (χ0) is 15.6. The monoisotopic (exact) mass is 312 g/mol. The van der Waals surface area contributed by atoms with Gasteiger partial charge in [0.25, 0.3) is 0 Å². The fourth-order valence-electron chi connectivity index (χ4n) is 1.92. The zero-order valence-electron chi connectivity index (χ0n) is 11.2. The fourth-order valence-corrected chi connectivity index (χ4v) is 2.43. The lowest BCUT2D eigenvalue weighted by Gasteiger charge is -2.16. The summed E-state index contributed by atoms with van der Waals surface area (Å²) >= 11 is 0. The molecule has 7 heteroatoms. The molecule has 1 atom stereocenters. The molecule has 2 rings (SSSR count). The molecule has 0 bridgehead atoms. The van der Waals surface area contributed by atoms with E-state index in [1.165, 1.54) is 24.3 Å². The Bertz CT molecular complexity index is 746. The van der Waals surface area contributed by atoms with Crippen LogP contribution in [-0.2, 0) is 10.0 Å². The number of rotatable bonds is 4. The van der Waals surface area contributed by atoms with Crippen LogP contribution in [0.2, 0.25) is 0 Å². The van der Waals surface area contributed by atoms with Crippen LogP contribution in [0.3, 0.4) is 0 Å². The summed E-state index contributed by atoms with van der Waals surface area (Å²) in [5, 5.41) is 7.96. The molecule has 0 spiro atoms. The van der Waals surface area contributed by atoms with E-state index in [0.717, 1.165) is 18.2 Å². The van der Waals surface area contributed by atoms with Gasteiger partial charge in [-0.1, -0.05) is 0 Å². The number of hydrogen-bond acceptors (Lipinski definition) is 3. The molecule has 0 aliphatic rings. The Balaban J connectivity index is 2.20. The van der Waals surface area contributed by atoms with Crippen molar-refractivity contribution in [3.63, 3.8) is 0 Å². The van der Waals surface area contributed by atoms with Gasteiger partial charge in [-0.2, -0.15) is 0 Å². The van der Waals surface area contributed by atoms with Crippen molar-refractivity contribution in [1.29, 1.82) is 0 Å². The van der Waals surface area contributed by atoms with E-state index in [1.54, 1.807) is 6.92 Å². The van der Waals surface area contributed by atoms with E-state index in [-0.39, 0.29) is 10.5 Å². The summed E-state index contributed by atoms with van der Waals surface area (Å²) in [7, 11) is -3.75. The molecular weight excluding hydrogens is 298 g/mol. The maximum absolute atomic E-state index is 13.6. The number of hydrogen-bond donors (Lipinski definition) is 2. The lowest BCUT2D eigenvalue weighted by molar-refractivity contribution is 0.577. The molecule has 4 nitrogen and oxygen atoms in total. The molecule has 112 valence electrons. The second-order valence-corrected chi connectivity index (χ2v) is 6.16. The van der Waals surface area contributed by atoms with Gasteiger partial charge in [0.15, 0.2) is 0 Å². The van der Waals surface area contributed by atoms with Crippen molar-refractivity contribution in [3.8, 4) is 0 Å². The van der Waals surface area contributed by atoms with Crippen molar-refractivity contribution in [2.24, 2.45) is 5.14 Å². The van der Waals surface area contributed by atoms with Crippen LogP contribution < -0.4 is 10.5 Å². The van der Waals surface area contributed by atoms with Crippen molar-refractivity contribution in [2.45, 2.75) is 17.9 Å². The first-order chi connectivity index (χ1) is 9.77. The number of benzene rings is 2. The smallest absolute Gasteiger partial charge is 0.238 e. The van der Waals surface area contributed by atoms with E-state index in [4.69, 9.17) is 5.14 Å². The summed E-state index contributed by atoms with van der Waals surface area (Å²) < 4.78 is 49.1. The molecule has 0 saturated carbocycles. The summed E-state index contributed by atoms with van der Waals surface area (Å²) in [5.74, 6) is -1.04. The Morgan fingerprint density at radius 2 is 1.71 bits per heavy atom. The van der Waals surface area contributed by atoms with Crippen molar-refractivity contribution < 1.29 is 17.2 Å². The van der Waals surface area contributed by atoms with Gasteiger partial charge >= 0.3 is 0 Å². The maximum atomic E-state index is 13.6. The average molecular weight is 312 g/mol. The van der Waals surface area contributed by atoms with E-state index in [9.17, 15) is 17.2 Å². The first-order valence-corrected chi connectivity index (χ1v) is 7.66. The highest BCUT2D eigenvalue weighted by Gasteiger charge is 2.13. The summed E-state index contributed by atoms with van der Waals surface area (Å²) in [4.78, 5) is -0.0161. The maximum Gasteiger partial charge on any atom is 0.238 e. The highest BCUT2D eigenvalue weighted by molar-refractivity contribution is 7.89. The van der Waals surface area contributed by atoms with Gasteiger partial charge in [0.05, 0.1) is 10.9 Å². The van der Waals surface area contributed by atoms with E-state index < -0.39 is 27.7 Å². The normalized spacial score (nSPS) is 13.0. The van der Waals surface area contributed by atoms with Crippen LogP contribution in [0.4, 0.5) is 14.5 Å². The van der Waals surface area contributed by atoms with Gasteiger partial charge in [-0.25, -0.2) is 22.3 Å². The Labute approximate surface area is 121 Å². The van der Waals surface area contributed by atoms with Crippen molar-refractivity contribution >= 4 is 15.7 Å². The third-order valence-corrected chi connectivity index (χ3v) is 3.92. The molecular formula is C14H14F2N2O2S. The van der Waals surface area contributed by atoms with Crippen LogP contribution in [-0.4, -0.2) is 8.42 Å². The number of primary sulfonamides is 1. The van der Waals surface area contributed by atoms with Gasteiger partial charge in [-0.15, -0.1) is 0 Å². The lowest BCUT2D eigenvalue weighted by atomic mass is 10.1. The molecule has 0 amide bonds. The predicted octanol–water partition coefficient (Wildman–Crippen LogP) is 2.79. The minimum Gasteiger partial charge on any atom is -0.378 e. The molecule has 0 heterocycles. The van der Waals surface area contributed by atoms with E-state index in [1.807, 2.05) is 0 Å². The minimum absolute atomic E-state index is 0.0161. The molecule has 0 aliphatic heterocycles. The Hall–Kier alpha value is -1.99. The summed E-state index contributed by atoms with van der Waals surface area (Å²) in [6.45, 7) is 1.67. The number of sulfonamides is 1. The standard InChI is InChI=1S/C14H14F2N2O2S/c1-9(13-8-10(15)2-7-14(13)16)18-11-3-5-12(6-4-11)21(17,19)20/h2-9,18H,1H3,(H2,17,19,20). The Kier molecular flexibility index (Phi) is 4.24. The predicted molar refractivity (Wildman–Crippen MR) is 76.2 cm³/mol. The molecule has 21 heavy (non-hydrogen) atoms. The minimum atomic E-state index is -3.75. The molecule has 1 unspecified atom stereocenters. The first-order valence-electron chi connectivity index (χ1n) is 6.12. The molecule has 0 radical (unpaired) electrons. The third-order valence-electron chi connectivity index (χ3n) is 2.99. The lowest BCUT2D eigenvalue weighted by Crippen LogP contribution is -2.12. The van der Waals surface area contributed by atoms with Crippen LogP contribution in [0, 0.1) is 11.6 Å². The van der Waals surface area contributed by atoms with Crippen molar-refractivity contribution in [1.82, 2.24) is 0 Å². The van der Waals surface area contributed by atoms with Gasteiger partial charge in [-0.3, -0.25) is 0 Å². The van der Waals surface area contributed by atoms with Crippen molar-refractivity contribution in [2.75, 3.05) is 5.32 Å². The fraction of sp³-hybridized carbons (Fsp3) is 0.143. The zero-order valence-corrected chi connectivity index (χ0v) is 12.0. The largest absolute Gasteiger partial charge is 0.378 e. The van der Waals surface area contributed by atoms with Crippen LogP contribution in [0.5, 0.6) is 0 Å². The molecule has 2 aromatic carbocycles. The first kappa shape index (κ1) is 15.4. The van der Waals surface area contributed by atoms with Gasteiger partial charge in [0, 0.05) is 11.3 Å². The molecule has 3 N–H and O–H groups in total. The van der Waals surface area contributed by atoms with E-state index in [0.29, 0.717) is 5.69 Å². The third kappa shape index (κ3) is 3.77. The van der Waals surface area contributed by atoms with Gasteiger partial charge in [-0.05, 0) is 49.4 Å². The number of nitrogens with one attached hydrogen (secondary N) is 1. The number of halogens is 2. The van der Waals surface area contributed by atoms with Gasteiger partial charge < -0.3 is 5.32 Å². The van der Waals surface area contributed by atoms with E-state index >= 15 is 0 Å². The van der Waals surface area contributed by atoms with Crippen LogP contribution in [0.15, 0.2) is 47.4 Å². The molecule has 0 fully saturated rings. The number of anilines is 1. The highest BCUT2D eigenvalue weighted by Crippen LogP contribution is 2.23. The number of nitrogens with two attached hydrogens (primary N) is 1. The van der Waals surface area contributed by atoms with Gasteiger partial charge in [0.2, 0.25) is 10.0 Å². The van der Waals surface area contributed by atoms with E-state index in [2.05, 4.69) is 5.32 Å². The Morgan fingerprint density at radius 3 is 2.29 bits per heavy atom. The molecule has 2 aromatic rings. The van der Waals surface area contributed by atoms with Crippen LogP contribution in [0.1, 0.15) is 18.5 Å². The summed E-state index contributed by atoms with van der Waals surface area (Å²) in [6.07, 6.45) is 0. The quantitative estimate of drug-likeness (QED) is 0.912. The van der Waals surface area contributed by atoms with Crippen LogP contribution in [0.25, 0.3) is 0 Å². The second kappa shape index (κ2) is 5.79. The SMILES string of the molecule is CC(Nc1ccc(S(N)(=O)=O)cc1)c1cc(F)ccc1F. The average Bonchev–Trinajstić information content (AvgIpc) is 2.41. The Morgan fingerprint density at radius 1 is 1.10 bits per heavy atom. The van der Waals surface area contributed by atoms with Crippen LogP contribution >= 0.6 is 0 Å². The molecule has 0 aliphatic carbocycles.